The molecule has 0 aliphatic rings. The molecule has 0 spiro atoms. The maximum atomic E-state index is 9.21. The largest absolute Gasteiger partial charge is 0.613 e. The van der Waals surface area contributed by atoms with E-state index in [4.69, 9.17) is 19.2 Å². The molecule has 0 saturated carbocycles. The third kappa shape index (κ3) is 5.83. The van der Waals surface area contributed by atoms with Gasteiger partial charge in [-0.25, -0.2) is 4.98 Å². The fourth-order valence-corrected chi connectivity index (χ4v) is 3.01. The summed E-state index contributed by atoms with van der Waals surface area (Å²) in [7, 11) is -9.11. The normalized spacial score (nSPS) is 11.9. The lowest BCUT2D eigenvalue weighted by Gasteiger charge is -2.09. The quantitative estimate of drug-likeness (QED) is 0.312. The summed E-state index contributed by atoms with van der Waals surface area (Å²) in [6.45, 7) is 0. The number of hydrogen-bond acceptors (Lipinski definition) is 11. The molecule has 0 aromatic carbocycles. The van der Waals surface area contributed by atoms with Gasteiger partial charge in [0.05, 0.1) is 22.8 Å². The van der Waals surface area contributed by atoms with Crippen LogP contribution in [0.3, 0.4) is 0 Å². The molecule has 3 aromatic heterocycles. The topological polar surface area (TPSA) is 179 Å². The highest BCUT2D eigenvalue weighted by molar-refractivity contribution is 7.54. The predicted octanol–water partition coefficient (Wildman–Crippen LogP) is 1.27. The molecule has 0 atom stereocenters. The smallest absolute Gasteiger partial charge is 0.261 e. The Labute approximate surface area is 159 Å². The van der Waals surface area contributed by atoms with Crippen molar-refractivity contribution in [2.24, 2.45) is 0 Å². The maximum Gasteiger partial charge on any atom is 0.613 e. The van der Waals surface area contributed by atoms with Gasteiger partial charge in [0, 0.05) is 36.7 Å². The summed E-state index contributed by atoms with van der Waals surface area (Å²) in [5.41, 5.74) is 1.05. The average Bonchev–Trinajstić information content (AvgIpc) is 2.59. The summed E-state index contributed by atoms with van der Waals surface area (Å²) in [6.07, 6.45) is 2.81. The Morgan fingerprint density at radius 1 is 0.607 bits per heavy atom. The van der Waals surface area contributed by atoms with Gasteiger partial charge in [-0.2, -0.15) is 29.4 Å². The molecule has 3 aromatic rings. The Balaban J connectivity index is 2.07. The third-order valence-corrected chi connectivity index (χ3v) is 4.09. The van der Waals surface area contributed by atoms with Crippen LogP contribution in [-0.4, -0.2) is 44.3 Å². The van der Waals surface area contributed by atoms with E-state index >= 15 is 0 Å². The molecule has 0 radical (unpaired) electrons. The molecule has 11 nitrogen and oxygen atoms in total. The van der Waals surface area contributed by atoms with Crippen LogP contribution in [-0.2, 0) is 0 Å². The first kappa shape index (κ1) is 20.4. The second kappa shape index (κ2) is 7.96. The minimum Gasteiger partial charge on any atom is -0.261 e. The molecular formula is C15H15N3O8P2+2. The van der Waals surface area contributed by atoms with Crippen molar-refractivity contribution in [1.82, 2.24) is 15.0 Å². The fraction of sp³-hybridized carbons (Fsp3) is 0. The zero-order valence-electron chi connectivity index (χ0n) is 13.9. The molecule has 146 valence electrons. The van der Waals surface area contributed by atoms with Gasteiger partial charge in [0.25, 0.3) is 0 Å². The molecule has 0 saturated heterocycles. The zero-order valence-corrected chi connectivity index (χ0v) is 15.7. The standard InChI is InChI=1S/C15H15N3O8P2/c19-27(20,21)25-10-4-6-17-13(7-10)15-9-11(26-28(22,23)24)8-14(18-15)12-3-1-2-5-16-12/h1-9,19-24H/q+2. The van der Waals surface area contributed by atoms with Gasteiger partial charge in [-0.3, -0.25) is 19.0 Å². The van der Waals surface area contributed by atoms with Crippen molar-refractivity contribution in [2.45, 2.75) is 0 Å². The van der Waals surface area contributed by atoms with Crippen molar-refractivity contribution in [3.8, 4) is 34.3 Å². The van der Waals surface area contributed by atoms with Gasteiger partial charge in [-0.15, -0.1) is 0 Å². The van der Waals surface area contributed by atoms with Gasteiger partial charge in [-0.1, -0.05) is 6.07 Å². The van der Waals surface area contributed by atoms with Crippen molar-refractivity contribution in [3.63, 3.8) is 0 Å². The Morgan fingerprint density at radius 3 is 1.79 bits per heavy atom. The van der Waals surface area contributed by atoms with Gasteiger partial charge in [0.2, 0.25) is 0 Å². The van der Waals surface area contributed by atoms with E-state index in [2.05, 4.69) is 19.5 Å². The second-order valence-electron chi connectivity index (χ2n) is 5.37. The Hall–Kier alpha value is -2.33. The number of rotatable bonds is 6. The highest BCUT2D eigenvalue weighted by atomic mass is 31.2. The molecule has 0 unspecified atom stereocenters. The van der Waals surface area contributed by atoms with Gasteiger partial charge < -0.3 is 0 Å². The number of pyridine rings is 3. The Bertz CT molecular complexity index is 963. The lowest BCUT2D eigenvalue weighted by Crippen LogP contribution is -2.01. The van der Waals surface area contributed by atoms with E-state index < -0.39 is 16.3 Å². The van der Waals surface area contributed by atoms with Crippen LogP contribution in [0.1, 0.15) is 0 Å². The monoisotopic (exact) mass is 427 g/mol. The van der Waals surface area contributed by atoms with Crippen molar-refractivity contribution in [3.05, 3.63) is 54.9 Å². The highest BCUT2D eigenvalue weighted by Gasteiger charge is 2.36. The Kier molecular flexibility index (Phi) is 5.80. The molecule has 0 amide bonds. The highest BCUT2D eigenvalue weighted by Crippen LogP contribution is 2.48. The molecule has 28 heavy (non-hydrogen) atoms. The first-order chi connectivity index (χ1) is 13.1. The minimum absolute atomic E-state index is 0.0911. The summed E-state index contributed by atoms with van der Waals surface area (Å²) in [6, 6.07) is 10.2. The fourth-order valence-electron chi connectivity index (χ4n) is 2.23. The van der Waals surface area contributed by atoms with Crippen LogP contribution in [0.5, 0.6) is 11.5 Å². The second-order valence-corrected chi connectivity index (χ2v) is 7.79. The molecule has 3 rings (SSSR count). The summed E-state index contributed by atoms with van der Waals surface area (Å²) in [5.74, 6) is -0.209. The van der Waals surface area contributed by atoms with Crippen molar-refractivity contribution >= 4 is 16.3 Å². The molecule has 6 N–H and O–H groups in total. The molecule has 13 heteroatoms. The van der Waals surface area contributed by atoms with E-state index in [1.807, 2.05) is 0 Å². The zero-order chi connectivity index (χ0) is 20.4. The van der Waals surface area contributed by atoms with Crippen LogP contribution in [0.4, 0.5) is 0 Å². The van der Waals surface area contributed by atoms with Crippen LogP contribution in [0.2, 0.25) is 0 Å². The van der Waals surface area contributed by atoms with E-state index in [1.165, 1.54) is 36.7 Å². The lowest BCUT2D eigenvalue weighted by molar-refractivity contribution is 0.235. The first-order valence-electron chi connectivity index (χ1n) is 7.53. The van der Waals surface area contributed by atoms with Crippen molar-refractivity contribution < 1.29 is 38.4 Å². The summed E-state index contributed by atoms with van der Waals surface area (Å²) >= 11 is 0. The third-order valence-electron chi connectivity index (χ3n) is 3.18. The van der Waals surface area contributed by atoms with Crippen LogP contribution >= 0.6 is 16.3 Å². The molecule has 0 bridgehead atoms. The van der Waals surface area contributed by atoms with E-state index in [0.717, 1.165) is 0 Å². The number of nitrogens with zero attached hydrogens (tertiary/aromatic N) is 3. The summed E-state index contributed by atoms with van der Waals surface area (Å²) < 4.78 is 9.41. The summed E-state index contributed by atoms with van der Waals surface area (Å²) in [4.78, 5) is 67.4. The van der Waals surface area contributed by atoms with Crippen molar-refractivity contribution in [1.29, 1.82) is 0 Å². The SMILES string of the molecule is O[P+](O)(O)Oc1ccnc(-c2cc(O[P+](O)(O)O)cc(-c3ccccn3)n2)c1. The van der Waals surface area contributed by atoms with Gasteiger partial charge in [0.1, 0.15) is 0 Å². The summed E-state index contributed by atoms with van der Waals surface area (Å²) in [5, 5.41) is 0. The van der Waals surface area contributed by atoms with Gasteiger partial charge in [0.15, 0.2) is 11.5 Å². The van der Waals surface area contributed by atoms with E-state index in [1.54, 1.807) is 18.2 Å². The average molecular weight is 427 g/mol. The minimum atomic E-state index is -4.59. The van der Waals surface area contributed by atoms with E-state index in [-0.39, 0.29) is 28.6 Å². The molecule has 0 fully saturated rings. The van der Waals surface area contributed by atoms with Crippen LogP contribution in [0, 0.1) is 0 Å². The predicted molar refractivity (Wildman–Crippen MR) is 99.1 cm³/mol. The van der Waals surface area contributed by atoms with Crippen molar-refractivity contribution in [2.75, 3.05) is 0 Å². The molecular weight excluding hydrogens is 412 g/mol. The van der Waals surface area contributed by atoms with E-state index in [0.29, 0.717) is 5.69 Å². The van der Waals surface area contributed by atoms with Gasteiger partial charge in [-0.05, 0) is 12.1 Å². The molecule has 0 aliphatic heterocycles. The van der Waals surface area contributed by atoms with Gasteiger partial charge >= 0.3 is 16.3 Å². The van der Waals surface area contributed by atoms with Crippen LogP contribution in [0.15, 0.2) is 54.9 Å². The lowest BCUT2D eigenvalue weighted by atomic mass is 10.2. The number of aromatic nitrogens is 3. The molecule has 3 heterocycles. The Morgan fingerprint density at radius 2 is 1.18 bits per heavy atom. The molecule has 0 aliphatic carbocycles. The number of hydrogen-bond donors (Lipinski definition) is 6. The van der Waals surface area contributed by atoms with Crippen LogP contribution in [0.25, 0.3) is 22.8 Å². The first-order valence-corrected chi connectivity index (χ1v) is 10.7. The van der Waals surface area contributed by atoms with Crippen LogP contribution < -0.4 is 9.05 Å². The maximum absolute atomic E-state index is 9.21. The van der Waals surface area contributed by atoms with E-state index in [9.17, 15) is 14.7 Å².